The maximum Gasteiger partial charge on any atom is 0.161 e. The standard InChI is InChI=1S/C17H18N2O2S2/c1-20-14-4-3-12(7-15(14)21-2)8-18-10-17-19-9-16(23-17)13-5-6-22-11-13/h3-7,9,11,18H,8,10H2,1-2H3. The van der Waals surface area contributed by atoms with Gasteiger partial charge in [-0.05, 0) is 34.5 Å². The van der Waals surface area contributed by atoms with Gasteiger partial charge in [0, 0.05) is 24.8 Å². The molecule has 2 aromatic heterocycles. The van der Waals surface area contributed by atoms with Crippen LogP contribution in [0.2, 0.25) is 0 Å². The molecular weight excluding hydrogens is 328 g/mol. The van der Waals surface area contributed by atoms with Crippen LogP contribution in [0.4, 0.5) is 0 Å². The fourth-order valence-electron chi connectivity index (χ4n) is 2.23. The lowest BCUT2D eigenvalue weighted by Gasteiger charge is -2.09. The quantitative estimate of drug-likeness (QED) is 0.697. The molecule has 0 spiro atoms. The molecule has 0 saturated carbocycles. The number of hydrogen-bond acceptors (Lipinski definition) is 6. The molecule has 0 aliphatic carbocycles. The summed E-state index contributed by atoms with van der Waals surface area (Å²) in [6, 6.07) is 8.07. The van der Waals surface area contributed by atoms with E-state index in [4.69, 9.17) is 9.47 Å². The molecule has 0 saturated heterocycles. The summed E-state index contributed by atoms with van der Waals surface area (Å²) in [5, 5.41) is 8.74. The van der Waals surface area contributed by atoms with Gasteiger partial charge in [0.25, 0.3) is 0 Å². The smallest absolute Gasteiger partial charge is 0.161 e. The lowest BCUT2D eigenvalue weighted by atomic mass is 10.2. The van der Waals surface area contributed by atoms with E-state index in [9.17, 15) is 0 Å². The number of thiophene rings is 1. The van der Waals surface area contributed by atoms with Crippen molar-refractivity contribution in [1.29, 1.82) is 0 Å². The van der Waals surface area contributed by atoms with E-state index in [1.165, 1.54) is 10.4 Å². The van der Waals surface area contributed by atoms with E-state index in [2.05, 4.69) is 27.1 Å². The van der Waals surface area contributed by atoms with Gasteiger partial charge in [0.1, 0.15) is 5.01 Å². The van der Waals surface area contributed by atoms with Crippen molar-refractivity contribution in [3.05, 3.63) is 51.8 Å². The van der Waals surface area contributed by atoms with Crippen LogP contribution in [0.25, 0.3) is 10.4 Å². The third-order valence-corrected chi connectivity index (χ3v) is 5.14. The van der Waals surface area contributed by atoms with Crippen LogP contribution in [-0.2, 0) is 13.1 Å². The van der Waals surface area contributed by atoms with Gasteiger partial charge in [0.15, 0.2) is 11.5 Å². The van der Waals surface area contributed by atoms with Crippen LogP contribution in [0.1, 0.15) is 10.6 Å². The first-order valence-electron chi connectivity index (χ1n) is 7.19. The molecule has 3 aromatic rings. The Hall–Kier alpha value is -1.89. The highest BCUT2D eigenvalue weighted by atomic mass is 32.1. The molecular formula is C17H18N2O2S2. The average Bonchev–Trinajstić information content (AvgIpc) is 3.26. The highest BCUT2D eigenvalue weighted by Crippen LogP contribution is 2.29. The third kappa shape index (κ3) is 3.90. The van der Waals surface area contributed by atoms with Crippen LogP contribution >= 0.6 is 22.7 Å². The van der Waals surface area contributed by atoms with Crippen LogP contribution < -0.4 is 14.8 Å². The van der Waals surface area contributed by atoms with E-state index in [0.29, 0.717) is 0 Å². The third-order valence-electron chi connectivity index (χ3n) is 3.41. The molecule has 23 heavy (non-hydrogen) atoms. The van der Waals surface area contributed by atoms with Crippen LogP contribution in [0.3, 0.4) is 0 Å². The molecule has 0 aliphatic heterocycles. The number of hydrogen-bond donors (Lipinski definition) is 1. The number of ether oxygens (including phenoxy) is 2. The van der Waals surface area contributed by atoms with Crippen molar-refractivity contribution in [3.63, 3.8) is 0 Å². The van der Waals surface area contributed by atoms with E-state index in [-0.39, 0.29) is 0 Å². The molecule has 0 fully saturated rings. The van der Waals surface area contributed by atoms with Crippen LogP contribution in [0, 0.1) is 0 Å². The fraction of sp³-hybridized carbons (Fsp3) is 0.235. The molecule has 0 unspecified atom stereocenters. The van der Waals surface area contributed by atoms with Crippen molar-refractivity contribution < 1.29 is 9.47 Å². The van der Waals surface area contributed by atoms with Crippen molar-refractivity contribution in [2.24, 2.45) is 0 Å². The SMILES string of the molecule is COc1ccc(CNCc2ncc(-c3ccsc3)s2)cc1OC. The topological polar surface area (TPSA) is 43.4 Å². The van der Waals surface area contributed by atoms with Gasteiger partial charge in [-0.1, -0.05) is 6.07 Å². The summed E-state index contributed by atoms with van der Waals surface area (Å²) in [5.41, 5.74) is 2.40. The van der Waals surface area contributed by atoms with Gasteiger partial charge in [-0.25, -0.2) is 4.98 Å². The number of nitrogens with zero attached hydrogens (tertiary/aromatic N) is 1. The molecule has 6 heteroatoms. The molecule has 0 aliphatic rings. The Kier molecular flexibility index (Phi) is 5.27. The van der Waals surface area contributed by atoms with Gasteiger partial charge in [-0.15, -0.1) is 11.3 Å². The van der Waals surface area contributed by atoms with Crippen molar-refractivity contribution in [1.82, 2.24) is 10.3 Å². The lowest BCUT2D eigenvalue weighted by molar-refractivity contribution is 0.354. The van der Waals surface area contributed by atoms with Gasteiger partial charge in [0.2, 0.25) is 0 Å². The van der Waals surface area contributed by atoms with E-state index in [0.717, 1.165) is 35.2 Å². The molecule has 120 valence electrons. The highest BCUT2D eigenvalue weighted by Gasteiger charge is 2.06. The van der Waals surface area contributed by atoms with Crippen molar-refractivity contribution in [2.45, 2.75) is 13.1 Å². The second kappa shape index (κ2) is 7.59. The zero-order chi connectivity index (χ0) is 16.1. The van der Waals surface area contributed by atoms with E-state index in [1.54, 1.807) is 36.9 Å². The Labute approximate surface area is 143 Å². The minimum atomic E-state index is 0.747. The minimum Gasteiger partial charge on any atom is -0.493 e. The lowest BCUT2D eigenvalue weighted by Crippen LogP contribution is -2.12. The summed E-state index contributed by atoms with van der Waals surface area (Å²) in [7, 11) is 3.29. The predicted octanol–water partition coefficient (Wildman–Crippen LogP) is 4.18. The normalized spacial score (nSPS) is 10.7. The average molecular weight is 346 g/mol. The van der Waals surface area contributed by atoms with Crippen molar-refractivity contribution in [2.75, 3.05) is 14.2 Å². The fourth-order valence-corrected chi connectivity index (χ4v) is 3.85. The highest BCUT2D eigenvalue weighted by molar-refractivity contribution is 7.15. The van der Waals surface area contributed by atoms with Crippen molar-refractivity contribution >= 4 is 22.7 Å². The Morgan fingerprint density at radius 1 is 1.09 bits per heavy atom. The summed E-state index contributed by atoms with van der Waals surface area (Å²) in [6.07, 6.45) is 1.94. The molecule has 0 bridgehead atoms. The molecule has 1 N–H and O–H groups in total. The first-order chi connectivity index (χ1) is 11.3. The number of benzene rings is 1. The number of methoxy groups -OCH3 is 2. The summed E-state index contributed by atoms with van der Waals surface area (Å²) >= 11 is 3.43. The Bertz CT molecular complexity index is 754. The second-order valence-electron chi connectivity index (χ2n) is 4.92. The molecule has 3 rings (SSSR count). The Morgan fingerprint density at radius 3 is 2.70 bits per heavy atom. The first kappa shape index (κ1) is 16.0. The monoisotopic (exact) mass is 346 g/mol. The molecule has 0 radical (unpaired) electrons. The molecule has 4 nitrogen and oxygen atoms in total. The van der Waals surface area contributed by atoms with Crippen molar-refractivity contribution in [3.8, 4) is 21.9 Å². The van der Waals surface area contributed by atoms with E-state index < -0.39 is 0 Å². The zero-order valence-electron chi connectivity index (χ0n) is 13.0. The summed E-state index contributed by atoms with van der Waals surface area (Å²) < 4.78 is 10.6. The van der Waals surface area contributed by atoms with Gasteiger partial charge in [0.05, 0.1) is 19.1 Å². The minimum absolute atomic E-state index is 0.747. The first-order valence-corrected chi connectivity index (χ1v) is 8.95. The Balaban J connectivity index is 1.57. The number of thiazole rings is 1. The van der Waals surface area contributed by atoms with Crippen LogP contribution in [0.5, 0.6) is 11.5 Å². The second-order valence-corrected chi connectivity index (χ2v) is 6.82. The number of rotatable bonds is 7. The molecule has 2 heterocycles. The maximum atomic E-state index is 5.32. The Morgan fingerprint density at radius 2 is 1.96 bits per heavy atom. The van der Waals surface area contributed by atoms with Gasteiger partial charge >= 0.3 is 0 Å². The van der Waals surface area contributed by atoms with Gasteiger partial charge in [-0.2, -0.15) is 11.3 Å². The van der Waals surface area contributed by atoms with E-state index >= 15 is 0 Å². The largest absolute Gasteiger partial charge is 0.493 e. The van der Waals surface area contributed by atoms with Crippen LogP contribution in [0.15, 0.2) is 41.2 Å². The molecule has 0 amide bonds. The molecule has 1 aromatic carbocycles. The number of nitrogens with one attached hydrogen (secondary N) is 1. The summed E-state index contributed by atoms with van der Waals surface area (Å²) in [5.74, 6) is 1.50. The van der Waals surface area contributed by atoms with Gasteiger partial charge < -0.3 is 14.8 Å². The summed E-state index contributed by atoms with van der Waals surface area (Å²) in [6.45, 7) is 1.51. The predicted molar refractivity (Wildman–Crippen MR) is 95.5 cm³/mol. The van der Waals surface area contributed by atoms with Gasteiger partial charge in [-0.3, -0.25) is 0 Å². The maximum absolute atomic E-state index is 5.32. The molecule has 0 atom stereocenters. The van der Waals surface area contributed by atoms with Crippen LogP contribution in [-0.4, -0.2) is 19.2 Å². The summed E-state index contributed by atoms with van der Waals surface area (Å²) in [4.78, 5) is 5.70. The zero-order valence-corrected chi connectivity index (χ0v) is 14.7. The van der Waals surface area contributed by atoms with E-state index in [1.807, 2.05) is 24.4 Å². The number of aromatic nitrogens is 1.